The summed E-state index contributed by atoms with van der Waals surface area (Å²) in [5, 5.41) is 10.9. The fraction of sp³-hybridized carbons (Fsp3) is 0.200. The van der Waals surface area contributed by atoms with Gasteiger partial charge >= 0.3 is 0 Å². The van der Waals surface area contributed by atoms with Crippen LogP contribution in [0.1, 0.15) is 19.4 Å². The first-order valence-corrected chi connectivity index (χ1v) is 5.99. The fourth-order valence-electron chi connectivity index (χ4n) is 1.74. The zero-order valence-corrected chi connectivity index (χ0v) is 10.9. The molecule has 2 aromatic rings. The quantitative estimate of drug-likeness (QED) is 0.571. The lowest BCUT2D eigenvalue weighted by atomic mass is 9.99. The van der Waals surface area contributed by atoms with Crippen molar-refractivity contribution in [1.29, 1.82) is 0 Å². The molecule has 0 heterocycles. The van der Waals surface area contributed by atoms with Gasteiger partial charge < -0.3 is 0 Å². The molecule has 3 heteroatoms. The smallest absolute Gasteiger partial charge is 0.258 e. The fourth-order valence-corrected chi connectivity index (χ4v) is 1.74. The monoisotopic (exact) mass is 243 g/mol. The van der Waals surface area contributed by atoms with Gasteiger partial charge in [-0.15, -0.1) is 0 Å². The van der Waals surface area contributed by atoms with Crippen molar-refractivity contribution >= 4 is 5.69 Å². The molecule has 2 rings (SSSR count). The average molecular weight is 243 g/mol. The second kappa shape index (κ2) is 6.55. The van der Waals surface area contributed by atoms with E-state index in [-0.39, 0.29) is 10.6 Å². The van der Waals surface area contributed by atoms with Gasteiger partial charge in [-0.2, -0.15) is 0 Å². The average Bonchev–Trinajstić information content (AvgIpc) is 2.41. The van der Waals surface area contributed by atoms with Crippen molar-refractivity contribution < 1.29 is 4.92 Å². The van der Waals surface area contributed by atoms with Gasteiger partial charge in [-0.05, 0) is 24.1 Å². The van der Waals surface area contributed by atoms with Crippen LogP contribution in [-0.4, -0.2) is 4.92 Å². The number of nitro groups is 1. The topological polar surface area (TPSA) is 43.1 Å². The summed E-state index contributed by atoms with van der Waals surface area (Å²) in [6.07, 6.45) is 0. The van der Waals surface area contributed by atoms with Crippen molar-refractivity contribution in [2.75, 3.05) is 0 Å². The second-order valence-corrected chi connectivity index (χ2v) is 3.59. The Labute approximate surface area is 107 Å². The number of para-hydroxylation sites is 1. The van der Waals surface area contributed by atoms with Gasteiger partial charge in [0, 0.05) is 6.07 Å². The van der Waals surface area contributed by atoms with Crippen LogP contribution >= 0.6 is 0 Å². The molecule has 0 aliphatic rings. The van der Waals surface area contributed by atoms with Crippen molar-refractivity contribution in [2.24, 2.45) is 0 Å². The minimum Gasteiger partial charge on any atom is -0.258 e. The van der Waals surface area contributed by atoms with Gasteiger partial charge in [-0.25, -0.2) is 0 Å². The van der Waals surface area contributed by atoms with Crippen LogP contribution in [0.25, 0.3) is 11.1 Å². The van der Waals surface area contributed by atoms with Gasteiger partial charge in [0.15, 0.2) is 0 Å². The minimum atomic E-state index is -0.345. The summed E-state index contributed by atoms with van der Waals surface area (Å²) < 4.78 is 0. The number of hydrogen-bond donors (Lipinski definition) is 0. The number of aryl methyl sites for hydroxylation is 1. The van der Waals surface area contributed by atoms with E-state index in [0.29, 0.717) is 5.56 Å². The molecule has 0 aliphatic carbocycles. The van der Waals surface area contributed by atoms with Crippen LogP contribution in [0.2, 0.25) is 0 Å². The zero-order chi connectivity index (χ0) is 13.5. The highest BCUT2D eigenvalue weighted by Gasteiger charge is 2.14. The first-order valence-electron chi connectivity index (χ1n) is 5.99. The lowest BCUT2D eigenvalue weighted by Gasteiger charge is -2.05. The molecule has 0 fully saturated rings. The van der Waals surface area contributed by atoms with Crippen LogP contribution in [0.3, 0.4) is 0 Å². The molecule has 0 atom stereocenters. The summed E-state index contributed by atoms with van der Waals surface area (Å²) in [5.41, 5.74) is 2.77. The minimum absolute atomic E-state index is 0.150. The molecule has 0 aliphatic heterocycles. The van der Waals surface area contributed by atoms with E-state index in [1.165, 1.54) is 6.07 Å². The van der Waals surface area contributed by atoms with E-state index in [1.807, 2.05) is 51.1 Å². The molecule has 2 aromatic carbocycles. The Hall–Kier alpha value is -2.16. The lowest BCUT2D eigenvalue weighted by molar-refractivity contribution is -0.384. The third kappa shape index (κ3) is 2.94. The Balaban J connectivity index is 0.000000771. The summed E-state index contributed by atoms with van der Waals surface area (Å²) in [6.45, 7) is 5.95. The standard InChI is InChI=1S/C13H11NO2.C2H6/c1-10-6-2-3-7-11(10)12-8-4-5-9-13(12)14(15)16;1-2/h2-9H,1H3;1-2H3. The number of benzene rings is 2. The van der Waals surface area contributed by atoms with E-state index in [1.54, 1.807) is 12.1 Å². The molecule has 0 saturated heterocycles. The number of nitro benzene ring substituents is 1. The Kier molecular flexibility index (Phi) is 5.06. The summed E-state index contributed by atoms with van der Waals surface area (Å²) >= 11 is 0. The normalized spacial score (nSPS) is 9.28. The van der Waals surface area contributed by atoms with Crippen molar-refractivity contribution in [3.8, 4) is 11.1 Å². The maximum Gasteiger partial charge on any atom is 0.277 e. The van der Waals surface area contributed by atoms with Gasteiger partial charge in [-0.1, -0.05) is 50.2 Å². The molecule has 0 N–H and O–H groups in total. The van der Waals surface area contributed by atoms with Crippen LogP contribution < -0.4 is 0 Å². The van der Waals surface area contributed by atoms with E-state index in [0.717, 1.165) is 11.1 Å². The Morgan fingerprint density at radius 2 is 1.39 bits per heavy atom. The number of rotatable bonds is 2. The Bertz CT molecular complexity index is 536. The van der Waals surface area contributed by atoms with Gasteiger partial charge in [0.2, 0.25) is 0 Å². The predicted octanol–water partition coefficient (Wildman–Crippen LogP) is 4.60. The molecule has 0 spiro atoms. The molecule has 0 amide bonds. The first kappa shape index (κ1) is 13.9. The summed E-state index contributed by atoms with van der Waals surface area (Å²) in [6, 6.07) is 14.5. The van der Waals surface area contributed by atoms with Crippen molar-refractivity contribution in [3.63, 3.8) is 0 Å². The number of hydrogen-bond acceptors (Lipinski definition) is 2. The Morgan fingerprint density at radius 3 is 1.94 bits per heavy atom. The van der Waals surface area contributed by atoms with Crippen molar-refractivity contribution in [1.82, 2.24) is 0 Å². The van der Waals surface area contributed by atoms with E-state index < -0.39 is 0 Å². The Morgan fingerprint density at radius 1 is 0.889 bits per heavy atom. The lowest BCUT2D eigenvalue weighted by Crippen LogP contribution is -1.92. The summed E-state index contributed by atoms with van der Waals surface area (Å²) in [7, 11) is 0. The van der Waals surface area contributed by atoms with Gasteiger partial charge in [0.1, 0.15) is 0 Å². The largest absolute Gasteiger partial charge is 0.277 e. The highest BCUT2D eigenvalue weighted by atomic mass is 16.6. The van der Waals surface area contributed by atoms with Gasteiger partial charge in [-0.3, -0.25) is 10.1 Å². The third-order valence-electron chi connectivity index (χ3n) is 2.54. The molecule has 0 radical (unpaired) electrons. The van der Waals surface area contributed by atoms with E-state index in [4.69, 9.17) is 0 Å². The predicted molar refractivity (Wildman–Crippen MR) is 74.6 cm³/mol. The van der Waals surface area contributed by atoms with Crippen molar-refractivity contribution in [3.05, 3.63) is 64.2 Å². The maximum absolute atomic E-state index is 10.9. The molecule has 0 saturated carbocycles. The van der Waals surface area contributed by atoms with Crippen molar-refractivity contribution in [2.45, 2.75) is 20.8 Å². The molecule has 0 bridgehead atoms. The number of nitrogens with zero attached hydrogens (tertiary/aromatic N) is 1. The molecular weight excluding hydrogens is 226 g/mol. The van der Waals surface area contributed by atoms with Crippen LogP contribution in [0.5, 0.6) is 0 Å². The highest BCUT2D eigenvalue weighted by Crippen LogP contribution is 2.31. The molecule has 18 heavy (non-hydrogen) atoms. The molecule has 94 valence electrons. The SMILES string of the molecule is CC.Cc1ccccc1-c1ccccc1[N+](=O)[O-]. The zero-order valence-electron chi connectivity index (χ0n) is 10.9. The van der Waals surface area contributed by atoms with Crippen LogP contribution in [-0.2, 0) is 0 Å². The molecule has 0 aromatic heterocycles. The maximum atomic E-state index is 10.9. The molecule has 3 nitrogen and oxygen atoms in total. The second-order valence-electron chi connectivity index (χ2n) is 3.59. The molecular formula is C15H17NO2. The van der Waals surface area contributed by atoms with Gasteiger partial charge in [0.25, 0.3) is 5.69 Å². The van der Waals surface area contributed by atoms with Gasteiger partial charge in [0.05, 0.1) is 10.5 Å². The third-order valence-corrected chi connectivity index (χ3v) is 2.54. The summed E-state index contributed by atoms with van der Waals surface area (Å²) in [4.78, 5) is 10.6. The van der Waals surface area contributed by atoms with Crippen LogP contribution in [0, 0.1) is 17.0 Å². The van der Waals surface area contributed by atoms with Crippen LogP contribution in [0.4, 0.5) is 5.69 Å². The van der Waals surface area contributed by atoms with E-state index in [2.05, 4.69) is 0 Å². The first-order chi connectivity index (χ1) is 8.70. The molecule has 0 unspecified atom stereocenters. The van der Waals surface area contributed by atoms with E-state index >= 15 is 0 Å². The van der Waals surface area contributed by atoms with Crippen LogP contribution in [0.15, 0.2) is 48.5 Å². The highest BCUT2D eigenvalue weighted by molar-refractivity contribution is 5.75. The van der Waals surface area contributed by atoms with E-state index in [9.17, 15) is 10.1 Å². The summed E-state index contributed by atoms with van der Waals surface area (Å²) in [5.74, 6) is 0.